The van der Waals surface area contributed by atoms with Gasteiger partial charge in [0.1, 0.15) is 17.5 Å². The molecule has 30 heavy (non-hydrogen) atoms. The van der Waals surface area contributed by atoms with Crippen LogP contribution >= 0.6 is 0 Å². The molecule has 2 aromatic carbocycles. The number of rotatable bonds is 7. The molecule has 0 spiro atoms. The van der Waals surface area contributed by atoms with Gasteiger partial charge < -0.3 is 10.6 Å². The van der Waals surface area contributed by atoms with Crippen molar-refractivity contribution < 1.29 is 14.0 Å². The summed E-state index contributed by atoms with van der Waals surface area (Å²) in [5.41, 5.74) is 1.34. The summed E-state index contributed by atoms with van der Waals surface area (Å²) >= 11 is 0. The average Bonchev–Trinajstić information content (AvgIpc) is 3.13. The average molecular weight is 410 g/mol. The molecule has 0 aliphatic carbocycles. The molecule has 9 heteroatoms. The minimum atomic E-state index is -0.746. The van der Waals surface area contributed by atoms with Crippen LogP contribution in [0.3, 0.4) is 0 Å². The Kier molecular flexibility index (Phi) is 6.51. The van der Waals surface area contributed by atoms with Gasteiger partial charge in [0.05, 0.1) is 6.42 Å². The van der Waals surface area contributed by atoms with Crippen LogP contribution in [-0.2, 0) is 16.0 Å². The normalized spacial score (nSPS) is 11.9. The van der Waals surface area contributed by atoms with Crippen LogP contribution in [-0.4, -0.2) is 38.1 Å². The summed E-state index contributed by atoms with van der Waals surface area (Å²) in [6.45, 7) is 5.32. The lowest BCUT2D eigenvalue weighted by Gasteiger charge is -2.22. The number of hydrogen-bond acceptors (Lipinski definition) is 5. The van der Waals surface area contributed by atoms with Crippen molar-refractivity contribution in [1.29, 1.82) is 0 Å². The van der Waals surface area contributed by atoms with Crippen LogP contribution in [0.1, 0.15) is 25.2 Å². The van der Waals surface area contributed by atoms with Gasteiger partial charge in [0.15, 0.2) is 5.82 Å². The molecular weight excluding hydrogens is 387 g/mol. The van der Waals surface area contributed by atoms with Gasteiger partial charge in [0, 0.05) is 5.69 Å². The summed E-state index contributed by atoms with van der Waals surface area (Å²) in [4.78, 5) is 25.2. The first-order valence-corrected chi connectivity index (χ1v) is 9.54. The van der Waals surface area contributed by atoms with E-state index in [0.29, 0.717) is 11.5 Å². The van der Waals surface area contributed by atoms with Gasteiger partial charge in [-0.25, -0.2) is 4.39 Å². The van der Waals surface area contributed by atoms with Crippen molar-refractivity contribution in [2.24, 2.45) is 5.92 Å². The summed E-state index contributed by atoms with van der Waals surface area (Å²) in [6.07, 6.45) is 0.177. The number of halogens is 1. The van der Waals surface area contributed by atoms with E-state index in [9.17, 15) is 14.0 Å². The quantitative estimate of drug-likeness (QED) is 0.623. The van der Waals surface area contributed by atoms with Gasteiger partial charge >= 0.3 is 0 Å². The van der Waals surface area contributed by atoms with E-state index in [1.807, 2.05) is 44.2 Å². The summed E-state index contributed by atoms with van der Waals surface area (Å²) in [6, 6.07) is 12.7. The minimum absolute atomic E-state index is 0.115. The topological polar surface area (TPSA) is 102 Å². The Bertz CT molecular complexity index is 1030. The molecule has 1 unspecified atom stereocenters. The van der Waals surface area contributed by atoms with E-state index >= 15 is 0 Å². The highest BCUT2D eigenvalue weighted by Crippen LogP contribution is 2.19. The van der Waals surface area contributed by atoms with Crippen LogP contribution in [0.25, 0.3) is 5.69 Å². The summed E-state index contributed by atoms with van der Waals surface area (Å²) in [5.74, 6) is -0.909. The number of amides is 2. The summed E-state index contributed by atoms with van der Waals surface area (Å²) in [7, 11) is 0. The predicted molar refractivity (Wildman–Crippen MR) is 109 cm³/mol. The number of aromatic nitrogens is 4. The first-order valence-electron chi connectivity index (χ1n) is 9.54. The first kappa shape index (κ1) is 21.1. The lowest BCUT2D eigenvalue weighted by atomic mass is 10.0. The molecule has 0 fully saturated rings. The molecular formula is C21H23FN6O2. The van der Waals surface area contributed by atoms with E-state index in [0.717, 1.165) is 5.56 Å². The van der Waals surface area contributed by atoms with Crippen LogP contribution < -0.4 is 10.6 Å². The number of hydrogen-bond donors (Lipinski definition) is 2. The molecule has 3 rings (SSSR count). The Hall–Kier alpha value is -3.62. The van der Waals surface area contributed by atoms with Crippen molar-refractivity contribution in [3.8, 4) is 5.69 Å². The van der Waals surface area contributed by atoms with E-state index in [1.54, 1.807) is 6.92 Å². The number of aryl methyl sites for hydroxylation is 1. The zero-order valence-electron chi connectivity index (χ0n) is 17.0. The molecule has 2 N–H and O–H groups in total. The number of carbonyl (C=O) groups is 2. The third-order valence-corrected chi connectivity index (χ3v) is 4.54. The van der Waals surface area contributed by atoms with Crippen LogP contribution in [0.2, 0.25) is 0 Å². The van der Waals surface area contributed by atoms with E-state index in [2.05, 4.69) is 26.2 Å². The van der Waals surface area contributed by atoms with E-state index < -0.39 is 17.8 Å². The van der Waals surface area contributed by atoms with Crippen molar-refractivity contribution in [1.82, 2.24) is 25.5 Å². The smallest absolute Gasteiger partial charge is 0.247 e. The highest BCUT2D eigenvalue weighted by Gasteiger charge is 2.24. The molecule has 0 radical (unpaired) electrons. The van der Waals surface area contributed by atoms with Gasteiger partial charge in [0.25, 0.3) is 0 Å². The van der Waals surface area contributed by atoms with Crippen LogP contribution in [0.15, 0.2) is 48.5 Å². The fraction of sp³-hybridized carbons (Fsp3) is 0.286. The van der Waals surface area contributed by atoms with Crippen molar-refractivity contribution in [3.05, 3.63) is 65.7 Å². The SMILES string of the molecule is Cc1nnnn1-c1cc(NC(=O)C(NC(=O)Cc2ccccc2)C(C)C)ccc1F. The maximum Gasteiger partial charge on any atom is 0.247 e. The highest BCUT2D eigenvalue weighted by atomic mass is 19.1. The molecule has 1 heterocycles. The Labute approximate surface area is 173 Å². The second-order valence-corrected chi connectivity index (χ2v) is 7.24. The monoisotopic (exact) mass is 410 g/mol. The molecule has 0 bridgehead atoms. The number of carbonyl (C=O) groups excluding carboxylic acids is 2. The molecule has 2 amide bonds. The molecule has 156 valence electrons. The molecule has 8 nitrogen and oxygen atoms in total. The van der Waals surface area contributed by atoms with Crippen molar-refractivity contribution in [3.63, 3.8) is 0 Å². The minimum Gasteiger partial charge on any atom is -0.344 e. The highest BCUT2D eigenvalue weighted by molar-refractivity contribution is 5.97. The summed E-state index contributed by atoms with van der Waals surface area (Å²) in [5, 5.41) is 16.5. The van der Waals surface area contributed by atoms with Crippen molar-refractivity contribution in [2.75, 3.05) is 5.32 Å². The number of nitrogens with zero attached hydrogens (tertiary/aromatic N) is 4. The zero-order valence-corrected chi connectivity index (χ0v) is 17.0. The molecule has 1 atom stereocenters. The van der Waals surface area contributed by atoms with Gasteiger partial charge in [-0.15, -0.1) is 5.10 Å². The van der Waals surface area contributed by atoms with E-state index in [-0.39, 0.29) is 23.9 Å². The third kappa shape index (κ3) is 5.05. The van der Waals surface area contributed by atoms with Gasteiger partial charge in [-0.1, -0.05) is 44.2 Å². The lowest BCUT2D eigenvalue weighted by molar-refractivity contribution is -0.127. The van der Waals surface area contributed by atoms with Crippen LogP contribution in [0, 0.1) is 18.7 Å². The van der Waals surface area contributed by atoms with Crippen molar-refractivity contribution in [2.45, 2.75) is 33.2 Å². The maximum absolute atomic E-state index is 14.2. The number of benzene rings is 2. The molecule has 3 aromatic rings. The van der Waals surface area contributed by atoms with Gasteiger partial charge in [0.2, 0.25) is 11.8 Å². The molecule has 0 aliphatic rings. The Morgan fingerprint density at radius 3 is 2.50 bits per heavy atom. The predicted octanol–water partition coefficient (Wildman–Crippen LogP) is 2.43. The van der Waals surface area contributed by atoms with E-state index in [1.165, 1.54) is 22.9 Å². The fourth-order valence-corrected chi connectivity index (χ4v) is 2.97. The van der Waals surface area contributed by atoms with Gasteiger partial charge in [-0.3, -0.25) is 9.59 Å². The molecule has 0 aliphatic heterocycles. The third-order valence-electron chi connectivity index (χ3n) is 4.54. The first-order chi connectivity index (χ1) is 14.3. The molecule has 0 saturated heterocycles. The maximum atomic E-state index is 14.2. The number of nitrogens with one attached hydrogen (secondary N) is 2. The van der Waals surface area contributed by atoms with Crippen LogP contribution in [0.4, 0.5) is 10.1 Å². The van der Waals surface area contributed by atoms with E-state index in [4.69, 9.17) is 0 Å². The second-order valence-electron chi connectivity index (χ2n) is 7.24. The summed E-state index contributed by atoms with van der Waals surface area (Å²) < 4.78 is 15.5. The van der Waals surface area contributed by atoms with Gasteiger partial charge in [-0.2, -0.15) is 4.68 Å². The fourth-order valence-electron chi connectivity index (χ4n) is 2.97. The number of anilines is 1. The largest absolute Gasteiger partial charge is 0.344 e. The van der Waals surface area contributed by atoms with Crippen LogP contribution in [0.5, 0.6) is 0 Å². The Balaban J connectivity index is 1.72. The number of tetrazole rings is 1. The molecule has 0 saturated carbocycles. The standard InChI is InChI=1S/C21H23FN6O2/c1-13(2)20(24-19(29)11-15-7-5-4-6-8-15)21(30)23-16-9-10-17(22)18(12-16)28-14(3)25-26-27-28/h4-10,12-13,20H,11H2,1-3H3,(H,23,30)(H,24,29). The lowest BCUT2D eigenvalue weighted by Crippen LogP contribution is -2.47. The zero-order chi connectivity index (χ0) is 21.7. The Morgan fingerprint density at radius 1 is 1.13 bits per heavy atom. The van der Waals surface area contributed by atoms with Crippen molar-refractivity contribution >= 4 is 17.5 Å². The second kappa shape index (κ2) is 9.25. The Morgan fingerprint density at radius 2 is 1.87 bits per heavy atom. The molecule has 1 aromatic heterocycles. The van der Waals surface area contributed by atoms with Gasteiger partial charge in [-0.05, 0) is 47.0 Å².